The zero-order chi connectivity index (χ0) is 17.0. The van der Waals surface area contributed by atoms with Gasteiger partial charge in [-0.2, -0.15) is 0 Å². The van der Waals surface area contributed by atoms with Crippen molar-refractivity contribution in [3.8, 4) is 0 Å². The summed E-state index contributed by atoms with van der Waals surface area (Å²) in [5.41, 5.74) is 7.07. The van der Waals surface area contributed by atoms with Crippen molar-refractivity contribution in [2.24, 2.45) is 10.9 Å². The number of allylic oxidation sites excluding steroid dienone is 3. The number of nitrogens with zero attached hydrogens (tertiary/aromatic N) is 1. The quantitative estimate of drug-likeness (QED) is 0.528. The van der Waals surface area contributed by atoms with Crippen LogP contribution in [0.5, 0.6) is 0 Å². The van der Waals surface area contributed by atoms with Crippen LogP contribution in [0.2, 0.25) is 0 Å². The lowest BCUT2D eigenvalue weighted by Crippen LogP contribution is -2.02. The Bertz CT molecular complexity index is 631. The van der Waals surface area contributed by atoms with Gasteiger partial charge in [-0.15, -0.1) is 0 Å². The predicted octanol–water partition coefficient (Wildman–Crippen LogP) is 6.55. The molecule has 124 valence electrons. The van der Waals surface area contributed by atoms with Crippen molar-refractivity contribution in [2.75, 3.05) is 0 Å². The van der Waals surface area contributed by atoms with Crippen LogP contribution in [0.4, 0.5) is 0 Å². The molecule has 0 aliphatic heterocycles. The molecule has 2 rings (SSSR count). The van der Waals surface area contributed by atoms with Gasteiger partial charge < -0.3 is 0 Å². The van der Waals surface area contributed by atoms with E-state index in [1.54, 1.807) is 0 Å². The smallest absolute Gasteiger partial charge is 0.0440 e. The highest BCUT2D eigenvalue weighted by atomic mass is 14.7. The third-order valence-electron chi connectivity index (χ3n) is 4.76. The maximum atomic E-state index is 4.72. The van der Waals surface area contributed by atoms with E-state index in [9.17, 15) is 0 Å². The number of benzene rings is 1. The van der Waals surface area contributed by atoms with E-state index in [2.05, 4.69) is 58.9 Å². The van der Waals surface area contributed by atoms with Gasteiger partial charge in [0.2, 0.25) is 0 Å². The zero-order valence-corrected chi connectivity index (χ0v) is 15.6. The van der Waals surface area contributed by atoms with E-state index in [0.29, 0.717) is 17.8 Å². The first-order valence-electron chi connectivity index (χ1n) is 8.94. The topological polar surface area (TPSA) is 12.4 Å². The van der Waals surface area contributed by atoms with Crippen LogP contribution in [-0.4, -0.2) is 5.71 Å². The Morgan fingerprint density at radius 3 is 2.70 bits per heavy atom. The molecule has 0 N–H and O–H groups in total. The number of hydrogen-bond acceptors (Lipinski definition) is 1. The van der Waals surface area contributed by atoms with E-state index in [1.807, 2.05) is 19.2 Å². The van der Waals surface area contributed by atoms with Gasteiger partial charge in [0.05, 0.1) is 0 Å². The molecule has 0 aromatic heterocycles. The molecule has 1 nitrogen and oxygen atoms in total. The Morgan fingerprint density at radius 2 is 2.09 bits per heavy atom. The van der Waals surface area contributed by atoms with E-state index < -0.39 is 0 Å². The predicted molar refractivity (Wildman–Crippen MR) is 102 cm³/mol. The lowest BCUT2D eigenvalue weighted by Gasteiger charge is -2.14. The van der Waals surface area contributed by atoms with Crippen molar-refractivity contribution in [1.29, 1.82) is 0 Å². The lowest BCUT2D eigenvalue weighted by molar-refractivity contribution is 0.835. The molecule has 0 spiro atoms. The van der Waals surface area contributed by atoms with Crippen LogP contribution >= 0.6 is 0 Å². The molecule has 0 saturated heterocycles. The molecular weight excluding hydrogens is 278 g/mol. The maximum Gasteiger partial charge on any atom is 0.0440 e. The largest absolute Gasteiger partial charge is 0.261 e. The normalized spacial score (nSPS) is 22.2. The first-order valence-corrected chi connectivity index (χ1v) is 8.94. The Balaban J connectivity index is 2.29. The summed E-state index contributed by atoms with van der Waals surface area (Å²) in [6.45, 7) is 13.2. The first-order chi connectivity index (χ1) is 11.0. The van der Waals surface area contributed by atoms with Gasteiger partial charge in [0.15, 0.2) is 0 Å². The summed E-state index contributed by atoms with van der Waals surface area (Å²) in [4.78, 5) is 4.72. The summed E-state index contributed by atoms with van der Waals surface area (Å²) in [7, 11) is 0. The van der Waals surface area contributed by atoms with Crippen molar-refractivity contribution >= 4 is 5.71 Å². The number of hydrogen-bond donors (Lipinski definition) is 0. The summed E-state index contributed by atoms with van der Waals surface area (Å²) in [6, 6.07) is 6.97. The summed E-state index contributed by atoms with van der Waals surface area (Å²) < 4.78 is 0. The van der Waals surface area contributed by atoms with E-state index in [-0.39, 0.29) is 0 Å². The number of aliphatic imine (C=N–C) groups is 1. The van der Waals surface area contributed by atoms with Crippen molar-refractivity contribution < 1.29 is 0 Å². The SMILES string of the molecule is C/C=C/N=C(\C=C(/C)CC)[C@H]1CC1c1ccc(C)cc1C(C)C. The maximum absolute atomic E-state index is 4.72. The van der Waals surface area contributed by atoms with Gasteiger partial charge >= 0.3 is 0 Å². The fraction of sp³-hybridized carbons (Fsp3) is 0.500. The van der Waals surface area contributed by atoms with Gasteiger partial charge in [0.1, 0.15) is 0 Å². The van der Waals surface area contributed by atoms with Crippen LogP contribution in [0.15, 0.2) is 47.1 Å². The van der Waals surface area contributed by atoms with Crippen molar-refractivity contribution in [2.45, 2.75) is 66.2 Å². The van der Waals surface area contributed by atoms with Crippen LogP contribution < -0.4 is 0 Å². The number of aryl methyl sites for hydroxylation is 1. The van der Waals surface area contributed by atoms with Gasteiger partial charge in [0, 0.05) is 17.8 Å². The molecule has 1 aliphatic rings. The molecule has 1 unspecified atom stereocenters. The molecule has 23 heavy (non-hydrogen) atoms. The molecule has 1 saturated carbocycles. The summed E-state index contributed by atoms with van der Waals surface area (Å²) >= 11 is 0. The molecule has 0 bridgehead atoms. The van der Waals surface area contributed by atoms with Crippen molar-refractivity contribution in [3.05, 3.63) is 58.8 Å². The molecule has 0 radical (unpaired) electrons. The van der Waals surface area contributed by atoms with Gasteiger partial charge in [-0.05, 0) is 62.7 Å². The Labute approximate surface area is 142 Å². The summed E-state index contributed by atoms with van der Waals surface area (Å²) in [5, 5.41) is 0. The van der Waals surface area contributed by atoms with E-state index in [1.165, 1.54) is 34.4 Å². The van der Waals surface area contributed by atoms with E-state index in [4.69, 9.17) is 4.99 Å². The lowest BCUT2D eigenvalue weighted by atomic mass is 9.91. The number of rotatable bonds is 6. The van der Waals surface area contributed by atoms with E-state index >= 15 is 0 Å². The highest BCUT2D eigenvalue weighted by Gasteiger charge is 2.42. The van der Waals surface area contributed by atoms with Crippen LogP contribution in [0, 0.1) is 12.8 Å². The van der Waals surface area contributed by atoms with Crippen LogP contribution in [-0.2, 0) is 0 Å². The average Bonchev–Trinajstić information content (AvgIpc) is 3.31. The van der Waals surface area contributed by atoms with Crippen LogP contribution in [0.25, 0.3) is 0 Å². The standard InChI is InChI=1S/C22H31N/c1-7-11-23-22(13-16(5)8-2)21-14-20(21)18-10-9-17(6)12-19(18)15(3)4/h7,9-13,15,20-21H,8,14H2,1-6H3/b11-7+,16-13+,23-22+/t20?,21-/m0/s1. The molecule has 0 heterocycles. The second-order valence-corrected chi connectivity index (χ2v) is 7.12. The second-order valence-electron chi connectivity index (χ2n) is 7.12. The van der Waals surface area contributed by atoms with Crippen LogP contribution in [0.3, 0.4) is 0 Å². The first kappa shape index (κ1) is 17.7. The highest BCUT2D eigenvalue weighted by Crippen LogP contribution is 2.51. The third kappa shape index (κ3) is 4.43. The molecule has 1 aliphatic carbocycles. The van der Waals surface area contributed by atoms with Gasteiger partial charge in [-0.1, -0.05) is 56.2 Å². The highest BCUT2D eigenvalue weighted by molar-refractivity contribution is 6.00. The Kier molecular flexibility index (Phi) is 5.98. The third-order valence-corrected chi connectivity index (χ3v) is 4.76. The van der Waals surface area contributed by atoms with Crippen molar-refractivity contribution in [1.82, 2.24) is 0 Å². The zero-order valence-electron chi connectivity index (χ0n) is 15.6. The molecular formula is C22H31N. The fourth-order valence-corrected chi connectivity index (χ4v) is 3.15. The monoisotopic (exact) mass is 309 g/mol. The molecule has 1 aromatic carbocycles. The molecule has 1 fully saturated rings. The van der Waals surface area contributed by atoms with Gasteiger partial charge in [-0.25, -0.2) is 0 Å². The molecule has 1 aromatic rings. The van der Waals surface area contributed by atoms with Crippen molar-refractivity contribution in [3.63, 3.8) is 0 Å². The summed E-state index contributed by atoms with van der Waals surface area (Å²) in [6.07, 6.45) is 8.56. The Morgan fingerprint density at radius 1 is 1.35 bits per heavy atom. The molecule has 2 atom stereocenters. The van der Waals surface area contributed by atoms with Gasteiger partial charge in [0.25, 0.3) is 0 Å². The van der Waals surface area contributed by atoms with E-state index in [0.717, 1.165) is 6.42 Å². The van der Waals surface area contributed by atoms with Gasteiger partial charge in [-0.3, -0.25) is 4.99 Å². The minimum absolute atomic E-state index is 0.577. The average molecular weight is 309 g/mol. The minimum atomic E-state index is 0.577. The second kappa shape index (κ2) is 7.77. The molecule has 0 amide bonds. The van der Waals surface area contributed by atoms with Crippen LogP contribution in [0.1, 0.15) is 76.0 Å². The molecule has 1 heteroatoms. The fourth-order valence-electron chi connectivity index (χ4n) is 3.15. The Hall–Kier alpha value is -1.63. The summed E-state index contributed by atoms with van der Waals surface area (Å²) in [5.74, 6) is 1.79. The minimum Gasteiger partial charge on any atom is -0.261 e.